The van der Waals surface area contributed by atoms with E-state index in [2.05, 4.69) is 0 Å². The van der Waals surface area contributed by atoms with Crippen molar-refractivity contribution >= 4 is 28.3 Å². The number of nitrogens with zero attached hydrogens (tertiary/aromatic N) is 1. The molecule has 4 unspecified atom stereocenters. The van der Waals surface area contributed by atoms with Gasteiger partial charge in [-0.2, -0.15) is 0 Å². The Kier molecular flexibility index (Phi) is 4.20. The Labute approximate surface area is 200 Å². The third-order valence-corrected chi connectivity index (χ3v) is 5.77. The first-order valence-electron chi connectivity index (χ1n) is 14.4. The summed E-state index contributed by atoms with van der Waals surface area (Å²) >= 11 is 0. The van der Waals surface area contributed by atoms with Crippen LogP contribution in [0.4, 0.5) is 0 Å². The van der Waals surface area contributed by atoms with E-state index in [0.717, 1.165) is 24.3 Å². The molecule has 1 heterocycles. The number of allylic oxidation sites excluding steroid dienone is 4. The highest BCUT2D eigenvalue weighted by atomic mass is 28.4. The van der Waals surface area contributed by atoms with Gasteiger partial charge in [-0.15, -0.1) is 0 Å². The molecular weight excluding hydrogens is 422 g/mol. The molecule has 4 atom stereocenters. The standard InChI is InChI=1S/C24H33NO4Si2/c1-30(2,3)28-21-15-9-7-12-18(21)23(26)20-14-11-17-25(20)24(27)19-13-8-10-16-22(19)29-31(4,5)6/h7-19,21-22H,1-6H3/i9D,10D,11D,12D,13D,14D,17D,21D,22D. The summed E-state index contributed by atoms with van der Waals surface area (Å²) in [5, 5.41) is 0. The first-order valence-corrected chi connectivity index (χ1v) is 16.8. The molecule has 3 rings (SSSR count). The van der Waals surface area contributed by atoms with Crippen LogP contribution in [-0.2, 0) is 8.85 Å². The molecule has 0 aliphatic heterocycles. The lowest BCUT2D eigenvalue weighted by atomic mass is 9.91. The summed E-state index contributed by atoms with van der Waals surface area (Å²) in [6.45, 7) is 10.5. The van der Waals surface area contributed by atoms with Crippen molar-refractivity contribution in [3.63, 3.8) is 0 Å². The van der Waals surface area contributed by atoms with Gasteiger partial charge in [-0.1, -0.05) is 48.5 Å². The lowest BCUT2D eigenvalue weighted by molar-refractivity contribution is 0.0739. The fourth-order valence-electron chi connectivity index (χ4n) is 2.98. The van der Waals surface area contributed by atoms with Gasteiger partial charge in [0.25, 0.3) is 0 Å². The van der Waals surface area contributed by atoms with Crippen LogP contribution in [0.5, 0.6) is 0 Å². The summed E-state index contributed by atoms with van der Waals surface area (Å²) < 4.78 is 88.3. The average Bonchev–Trinajstić information content (AvgIpc) is 2.92. The maximum Gasteiger partial charge on any atom is 0.241 e. The van der Waals surface area contributed by atoms with Crippen LogP contribution in [0.15, 0.2) is 66.8 Å². The maximum atomic E-state index is 14.1. The van der Waals surface area contributed by atoms with Gasteiger partial charge in [-0.3, -0.25) is 14.2 Å². The minimum Gasteiger partial charge on any atom is -0.410 e. The first-order chi connectivity index (χ1) is 18.0. The van der Waals surface area contributed by atoms with Crippen molar-refractivity contribution in [2.24, 2.45) is 11.8 Å². The molecule has 0 saturated heterocycles. The molecule has 7 heteroatoms. The van der Waals surface area contributed by atoms with E-state index >= 15 is 0 Å². The molecular formula is C24H33NO4Si2. The van der Waals surface area contributed by atoms with E-state index < -0.39 is 88.4 Å². The van der Waals surface area contributed by atoms with Gasteiger partial charge in [0, 0.05) is 6.17 Å². The molecule has 0 fully saturated rings. The van der Waals surface area contributed by atoms with Crippen LogP contribution in [0.25, 0.3) is 0 Å². The van der Waals surface area contributed by atoms with Crippen LogP contribution in [0, 0.1) is 11.8 Å². The Morgan fingerprint density at radius 2 is 1.45 bits per heavy atom. The Hall–Kier alpha value is -2.07. The first kappa shape index (κ1) is 14.2. The fraction of sp³-hybridized carbons (Fsp3) is 0.417. The van der Waals surface area contributed by atoms with Crippen molar-refractivity contribution in [1.82, 2.24) is 4.57 Å². The van der Waals surface area contributed by atoms with Crippen LogP contribution >= 0.6 is 0 Å². The molecule has 0 amide bonds. The van der Waals surface area contributed by atoms with Crippen molar-refractivity contribution < 1.29 is 30.8 Å². The zero-order valence-electron chi connectivity index (χ0n) is 27.5. The summed E-state index contributed by atoms with van der Waals surface area (Å²) in [7, 11) is -5.14. The quantitative estimate of drug-likeness (QED) is 0.409. The van der Waals surface area contributed by atoms with Crippen LogP contribution < -0.4 is 0 Å². The molecule has 0 saturated carbocycles. The molecule has 0 N–H and O–H groups in total. The number of carbonyl (C=O) groups excluding carboxylic acids is 2. The Morgan fingerprint density at radius 1 is 0.935 bits per heavy atom. The van der Waals surface area contributed by atoms with Crippen molar-refractivity contribution in [3.8, 4) is 0 Å². The lowest BCUT2D eigenvalue weighted by Crippen LogP contribution is -2.41. The molecule has 0 aromatic carbocycles. The van der Waals surface area contributed by atoms with E-state index in [9.17, 15) is 9.59 Å². The Bertz CT molecular complexity index is 1290. The second-order valence-corrected chi connectivity index (χ2v) is 17.9. The normalized spacial score (nSPS) is 35.9. The van der Waals surface area contributed by atoms with Gasteiger partial charge in [-0.25, -0.2) is 0 Å². The molecule has 166 valence electrons. The molecule has 31 heavy (non-hydrogen) atoms. The molecule has 0 spiro atoms. The largest absolute Gasteiger partial charge is 0.410 e. The molecule has 0 radical (unpaired) electrons. The Morgan fingerprint density at radius 3 is 2.00 bits per heavy atom. The molecule has 2 aliphatic carbocycles. The van der Waals surface area contributed by atoms with Crippen LogP contribution in [0.1, 0.15) is 27.6 Å². The second kappa shape index (κ2) is 9.20. The SMILES string of the molecule is [2H]C1=CC([2H])(O[Si](C)(C)C)C(C(=O)c2c([2H])c([2H])c([2H])n2C(=O)C2C([2H])=CC([2H])=CC2([2H])O[Si](C)(C)C)C([2H])=C1. The monoisotopic (exact) mass is 464 g/mol. The predicted molar refractivity (Wildman–Crippen MR) is 129 cm³/mol. The number of ketones is 1. The predicted octanol–water partition coefficient (Wildman–Crippen LogP) is 5.24. The second-order valence-electron chi connectivity index (χ2n) is 9.09. The fourth-order valence-corrected chi connectivity index (χ4v) is 4.75. The summed E-state index contributed by atoms with van der Waals surface area (Å²) in [5.74, 6) is -5.75. The van der Waals surface area contributed by atoms with Gasteiger partial charge in [-0.05, 0) is 51.4 Å². The van der Waals surface area contributed by atoms with Gasteiger partial charge in [0.2, 0.25) is 5.91 Å². The molecule has 1 aromatic rings. The summed E-state index contributed by atoms with van der Waals surface area (Å²) in [6, 6.07) is -2.98. The van der Waals surface area contributed by atoms with E-state index in [4.69, 9.17) is 21.2 Å². The van der Waals surface area contributed by atoms with Gasteiger partial charge in [0.15, 0.2) is 22.4 Å². The Balaban J connectivity index is 2.24. The number of carbonyl (C=O) groups is 2. The molecule has 1 aromatic heterocycles. The van der Waals surface area contributed by atoms with Crippen LogP contribution in [0.2, 0.25) is 39.3 Å². The van der Waals surface area contributed by atoms with E-state index in [1.165, 1.54) is 0 Å². The van der Waals surface area contributed by atoms with Crippen molar-refractivity contribution in [2.75, 3.05) is 0 Å². The third-order valence-electron chi connectivity index (χ3n) is 4.07. The van der Waals surface area contributed by atoms with Gasteiger partial charge >= 0.3 is 0 Å². The maximum absolute atomic E-state index is 14.1. The minimum absolute atomic E-state index is 0.228. The smallest absolute Gasteiger partial charge is 0.241 e. The van der Waals surface area contributed by atoms with Crippen LogP contribution in [-0.4, -0.2) is 45.1 Å². The number of rotatable bonds is 7. The summed E-state index contributed by atoms with van der Waals surface area (Å²) in [6.07, 6.45) is -1.08. The van der Waals surface area contributed by atoms with Crippen LogP contribution in [0.3, 0.4) is 0 Å². The van der Waals surface area contributed by atoms with E-state index in [1.807, 2.05) is 0 Å². The highest BCUT2D eigenvalue weighted by Crippen LogP contribution is 2.27. The van der Waals surface area contributed by atoms with E-state index in [1.54, 1.807) is 39.3 Å². The van der Waals surface area contributed by atoms with Crippen molar-refractivity contribution in [1.29, 1.82) is 0 Å². The van der Waals surface area contributed by atoms with Gasteiger partial charge in [0.1, 0.15) is 0 Å². The van der Waals surface area contributed by atoms with Crippen molar-refractivity contribution in [3.05, 3.63) is 72.5 Å². The molecule has 2 aliphatic rings. The highest BCUT2D eigenvalue weighted by Gasteiger charge is 2.36. The third kappa shape index (κ3) is 6.00. The zero-order valence-corrected chi connectivity index (χ0v) is 20.5. The molecule has 0 bridgehead atoms. The van der Waals surface area contributed by atoms with Crippen molar-refractivity contribution in [2.45, 2.75) is 51.4 Å². The highest BCUT2D eigenvalue weighted by molar-refractivity contribution is 6.70. The minimum atomic E-state index is -2.57. The van der Waals surface area contributed by atoms with E-state index in [0.29, 0.717) is 4.57 Å². The van der Waals surface area contributed by atoms with Gasteiger partial charge < -0.3 is 8.85 Å². The topological polar surface area (TPSA) is 57.5 Å². The summed E-state index contributed by atoms with van der Waals surface area (Å²) in [4.78, 5) is 28.1. The lowest BCUT2D eigenvalue weighted by Gasteiger charge is -2.31. The average molecular weight is 465 g/mol. The molecule has 5 nitrogen and oxygen atoms in total. The number of Topliss-reactive ketones (excluding diaryl/α,β-unsaturated/α-hetero) is 1. The number of hydrogen-bond acceptors (Lipinski definition) is 4. The zero-order chi connectivity index (χ0) is 30.7. The number of hydrogen-bond donors (Lipinski definition) is 0. The number of aromatic nitrogens is 1. The van der Waals surface area contributed by atoms with Gasteiger partial charge in [0.05, 0.1) is 42.0 Å². The summed E-state index contributed by atoms with van der Waals surface area (Å²) in [5.41, 5.74) is -0.760. The van der Waals surface area contributed by atoms with E-state index in [-0.39, 0.29) is 12.1 Å².